The Labute approximate surface area is 119 Å². The number of carbonyl (C=O) groups excluding carboxylic acids is 2. The number of amides is 2. The van der Waals surface area contributed by atoms with Gasteiger partial charge in [-0.25, -0.2) is 0 Å². The van der Waals surface area contributed by atoms with Crippen molar-refractivity contribution in [3.05, 3.63) is 12.2 Å². The molecule has 2 rings (SSSR count). The standard InChI is InChI=1S/C14H22N2O2S/c1-5-15(8-10(2)3)13(18)11-9-19-14(4)7-6-12(17)16(11)14/h11H,2,5-9H2,1,3-4H3. The molecule has 5 heteroatoms. The zero-order valence-corrected chi connectivity index (χ0v) is 12.8. The van der Waals surface area contributed by atoms with Gasteiger partial charge in [0.1, 0.15) is 6.04 Å². The molecule has 2 fully saturated rings. The molecule has 2 saturated heterocycles. The van der Waals surface area contributed by atoms with Gasteiger partial charge in [-0.3, -0.25) is 9.59 Å². The van der Waals surface area contributed by atoms with Crippen molar-refractivity contribution in [3.8, 4) is 0 Å². The van der Waals surface area contributed by atoms with Crippen molar-refractivity contribution in [1.82, 2.24) is 9.80 Å². The number of hydrogen-bond acceptors (Lipinski definition) is 3. The Morgan fingerprint density at radius 1 is 1.63 bits per heavy atom. The molecule has 2 amide bonds. The average Bonchev–Trinajstić information content (AvgIpc) is 2.83. The molecule has 0 N–H and O–H groups in total. The maximum atomic E-state index is 12.6. The van der Waals surface area contributed by atoms with Crippen LogP contribution in [0.15, 0.2) is 12.2 Å². The van der Waals surface area contributed by atoms with Crippen LogP contribution in [0.5, 0.6) is 0 Å². The Hall–Kier alpha value is -0.970. The maximum Gasteiger partial charge on any atom is 0.246 e. The molecule has 0 aromatic heterocycles. The summed E-state index contributed by atoms with van der Waals surface area (Å²) in [5.41, 5.74) is 0.969. The first-order chi connectivity index (χ1) is 8.89. The predicted octanol–water partition coefficient (Wildman–Crippen LogP) is 1.86. The fourth-order valence-corrected chi connectivity index (χ4v) is 4.31. The molecule has 106 valence electrons. The van der Waals surface area contributed by atoms with E-state index in [1.807, 2.05) is 18.7 Å². The minimum absolute atomic E-state index is 0.0666. The van der Waals surface area contributed by atoms with E-state index >= 15 is 0 Å². The van der Waals surface area contributed by atoms with Crippen molar-refractivity contribution in [2.24, 2.45) is 0 Å². The van der Waals surface area contributed by atoms with Gasteiger partial charge in [-0.2, -0.15) is 0 Å². The molecule has 2 atom stereocenters. The minimum atomic E-state index is -0.288. The quantitative estimate of drug-likeness (QED) is 0.739. The zero-order valence-electron chi connectivity index (χ0n) is 11.9. The molecule has 0 radical (unpaired) electrons. The van der Waals surface area contributed by atoms with Gasteiger partial charge in [-0.1, -0.05) is 12.2 Å². The normalized spacial score (nSPS) is 29.5. The highest BCUT2D eigenvalue weighted by molar-refractivity contribution is 8.01. The minimum Gasteiger partial charge on any atom is -0.337 e. The summed E-state index contributed by atoms with van der Waals surface area (Å²) < 4.78 is 0. The smallest absolute Gasteiger partial charge is 0.246 e. The molecule has 0 saturated carbocycles. The van der Waals surface area contributed by atoms with E-state index in [0.29, 0.717) is 25.3 Å². The van der Waals surface area contributed by atoms with E-state index < -0.39 is 0 Å². The number of nitrogens with zero attached hydrogens (tertiary/aromatic N) is 2. The van der Waals surface area contributed by atoms with Gasteiger partial charge in [0.25, 0.3) is 0 Å². The number of hydrogen-bond donors (Lipinski definition) is 0. The molecule has 4 nitrogen and oxygen atoms in total. The van der Waals surface area contributed by atoms with Gasteiger partial charge >= 0.3 is 0 Å². The van der Waals surface area contributed by atoms with Crippen LogP contribution in [0.4, 0.5) is 0 Å². The maximum absolute atomic E-state index is 12.6. The van der Waals surface area contributed by atoms with Gasteiger partial charge < -0.3 is 9.80 Å². The molecule has 0 aromatic carbocycles. The zero-order chi connectivity index (χ0) is 14.2. The van der Waals surface area contributed by atoms with Crippen LogP contribution < -0.4 is 0 Å². The molecule has 0 bridgehead atoms. The Bertz CT molecular complexity index is 424. The van der Waals surface area contributed by atoms with E-state index in [1.54, 1.807) is 16.7 Å². The lowest BCUT2D eigenvalue weighted by atomic mass is 10.2. The van der Waals surface area contributed by atoms with Crippen molar-refractivity contribution >= 4 is 23.6 Å². The summed E-state index contributed by atoms with van der Waals surface area (Å²) in [7, 11) is 0. The summed E-state index contributed by atoms with van der Waals surface area (Å²) in [6.07, 6.45) is 1.42. The highest BCUT2D eigenvalue weighted by atomic mass is 32.2. The van der Waals surface area contributed by atoms with Crippen molar-refractivity contribution < 1.29 is 9.59 Å². The van der Waals surface area contributed by atoms with Gasteiger partial charge in [0.15, 0.2) is 0 Å². The molecule has 2 heterocycles. The molecule has 19 heavy (non-hydrogen) atoms. The molecule has 0 spiro atoms. The number of fused-ring (bicyclic) bond motifs is 1. The van der Waals surface area contributed by atoms with Crippen LogP contribution in [0.25, 0.3) is 0 Å². The van der Waals surface area contributed by atoms with Crippen LogP contribution >= 0.6 is 11.8 Å². The highest BCUT2D eigenvalue weighted by Gasteiger charge is 2.53. The third kappa shape index (κ3) is 2.53. The Morgan fingerprint density at radius 2 is 2.32 bits per heavy atom. The van der Waals surface area contributed by atoms with Gasteiger partial charge in [0.2, 0.25) is 11.8 Å². The highest BCUT2D eigenvalue weighted by Crippen LogP contribution is 2.47. The average molecular weight is 282 g/mol. The van der Waals surface area contributed by atoms with Crippen LogP contribution in [0.3, 0.4) is 0 Å². The third-order valence-corrected chi connectivity index (χ3v) is 5.39. The molecular formula is C14H22N2O2S. The monoisotopic (exact) mass is 282 g/mol. The van der Waals surface area contributed by atoms with E-state index in [-0.39, 0.29) is 22.7 Å². The summed E-state index contributed by atoms with van der Waals surface area (Å²) in [5, 5.41) is 0. The van der Waals surface area contributed by atoms with Crippen LogP contribution in [-0.2, 0) is 9.59 Å². The molecular weight excluding hydrogens is 260 g/mol. The third-order valence-electron chi connectivity index (χ3n) is 3.88. The largest absolute Gasteiger partial charge is 0.337 e. The number of thioether (sulfide) groups is 1. The van der Waals surface area contributed by atoms with E-state index in [1.165, 1.54) is 0 Å². The van der Waals surface area contributed by atoms with Gasteiger partial charge in [-0.15, -0.1) is 11.8 Å². The second-order valence-corrected chi connectivity index (χ2v) is 7.08. The number of likely N-dealkylation sites (N-methyl/N-ethyl adjacent to an activating group) is 1. The second-order valence-electron chi connectivity index (χ2n) is 5.58. The summed E-state index contributed by atoms with van der Waals surface area (Å²) in [5.74, 6) is 0.905. The predicted molar refractivity (Wildman–Crippen MR) is 77.8 cm³/mol. The van der Waals surface area contributed by atoms with Gasteiger partial charge in [0, 0.05) is 25.3 Å². The Morgan fingerprint density at radius 3 is 2.89 bits per heavy atom. The van der Waals surface area contributed by atoms with Crippen LogP contribution in [0.2, 0.25) is 0 Å². The Balaban J connectivity index is 2.15. The summed E-state index contributed by atoms with van der Waals surface area (Å²) in [4.78, 5) is 28.1. The van der Waals surface area contributed by atoms with E-state index in [0.717, 1.165) is 12.0 Å². The van der Waals surface area contributed by atoms with E-state index in [2.05, 4.69) is 13.5 Å². The van der Waals surface area contributed by atoms with Crippen molar-refractivity contribution in [1.29, 1.82) is 0 Å². The summed E-state index contributed by atoms with van der Waals surface area (Å²) in [6.45, 7) is 11.1. The topological polar surface area (TPSA) is 40.6 Å². The number of carbonyl (C=O) groups is 2. The summed E-state index contributed by atoms with van der Waals surface area (Å²) >= 11 is 1.74. The van der Waals surface area contributed by atoms with Crippen molar-refractivity contribution in [2.75, 3.05) is 18.8 Å². The molecule has 2 aliphatic rings. The summed E-state index contributed by atoms with van der Waals surface area (Å²) in [6, 6.07) is -0.288. The van der Waals surface area contributed by atoms with Gasteiger partial charge in [0.05, 0.1) is 4.87 Å². The van der Waals surface area contributed by atoms with Crippen molar-refractivity contribution in [2.45, 2.75) is 44.5 Å². The van der Waals surface area contributed by atoms with Crippen LogP contribution in [0, 0.1) is 0 Å². The first-order valence-electron chi connectivity index (χ1n) is 6.78. The fraction of sp³-hybridized carbons (Fsp3) is 0.714. The first-order valence-corrected chi connectivity index (χ1v) is 7.77. The van der Waals surface area contributed by atoms with Crippen LogP contribution in [0.1, 0.15) is 33.6 Å². The lowest BCUT2D eigenvalue weighted by molar-refractivity contribution is -0.143. The van der Waals surface area contributed by atoms with E-state index in [9.17, 15) is 9.59 Å². The fourth-order valence-electron chi connectivity index (χ4n) is 2.89. The van der Waals surface area contributed by atoms with Crippen LogP contribution in [-0.4, -0.2) is 51.4 Å². The molecule has 0 aromatic rings. The SMILES string of the molecule is C=C(C)CN(CC)C(=O)C1CSC2(C)CCC(=O)N12. The van der Waals surface area contributed by atoms with E-state index in [4.69, 9.17) is 0 Å². The molecule has 2 unspecified atom stereocenters. The molecule has 2 aliphatic heterocycles. The lowest BCUT2D eigenvalue weighted by Gasteiger charge is -2.32. The van der Waals surface area contributed by atoms with Gasteiger partial charge in [-0.05, 0) is 27.2 Å². The Kier molecular flexibility index (Phi) is 3.95. The second kappa shape index (κ2) is 5.19. The molecule has 0 aliphatic carbocycles. The lowest BCUT2D eigenvalue weighted by Crippen LogP contribution is -2.51. The first kappa shape index (κ1) is 14.4. The number of rotatable bonds is 4. The van der Waals surface area contributed by atoms with Crippen molar-refractivity contribution in [3.63, 3.8) is 0 Å².